The van der Waals surface area contributed by atoms with Gasteiger partial charge in [0.05, 0.1) is 0 Å². The minimum absolute atomic E-state index is 0.204. The Hall–Kier alpha value is -3.39. The first-order chi connectivity index (χ1) is 15.8. The van der Waals surface area contributed by atoms with E-state index in [2.05, 4.69) is 10.6 Å². The van der Waals surface area contributed by atoms with E-state index >= 15 is 0 Å². The van der Waals surface area contributed by atoms with E-state index in [0.717, 1.165) is 22.3 Å². The lowest BCUT2D eigenvalue weighted by atomic mass is 10.0. The van der Waals surface area contributed by atoms with Crippen molar-refractivity contribution in [2.45, 2.75) is 39.0 Å². The van der Waals surface area contributed by atoms with Gasteiger partial charge in [0.25, 0.3) is 0 Å². The van der Waals surface area contributed by atoms with Crippen molar-refractivity contribution in [3.05, 3.63) is 59.7 Å². The maximum atomic E-state index is 13.2. The number of hydrogen-bond donors (Lipinski definition) is 3. The van der Waals surface area contributed by atoms with E-state index in [1.54, 1.807) is 14.0 Å². The van der Waals surface area contributed by atoms with Crippen LogP contribution in [0.3, 0.4) is 0 Å². The third-order valence-corrected chi connectivity index (χ3v) is 5.80. The quantitative estimate of drug-likeness (QED) is 0.569. The van der Waals surface area contributed by atoms with Crippen molar-refractivity contribution in [3.63, 3.8) is 0 Å². The molecule has 0 spiro atoms. The Bertz CT molecular complexity index is 977. The Morgan fingerprint density at radius 2 is 1.52 bits per heavy atom. The number of benzene rings is 2. The molecule has 1 aliphatic carbocycles. The fourth-order valence-electron chi connectivity index (χ4n) is 4.17. The van der Waals surface area contributed by atoms with E-state index in [9.17, 15) is 14.4 Å². The largest absolute Gasteiger partial charge is 0.436 e. The van der Waals surface area contributed by atoms with Crippen molar-refractivity contribution >= 4 is 17.9 Å². The van der Waals surface area contributed by atoms with Gasteiger partial charge in [-0.2, -0.15) is 0 Å². The molecule has 2 atom stereocenters. The lowest BCUT2D eigenvalue weighted by Crippen LogP contribution is -2.55. The van der Waals surface area contributed by atoms with Crippen molar-refractivity contribution in [2.75, 3.05) is 20.1 Å². The van der Waals surface area contributed by atoms with Crippen molar-refractivity contribution in [1.29, 1.82) is 0 Å². The SMILES string of the molecule is CC(NC(=O)C(C(C)C)N(C)C(=O)OC1c2ccccc2-c2ccccc21)C(=O)NCCN. The summed E-state index contributed by atoms with van der Waals surface area (Å²) in [5.74, 6) is -0.960. The summed E-state index contributed by atoms with van der Waals surface area (Å²) in [5.41, 5.74) is 9.30. The van der Waals surface area contributed by atoms with E-state index in [1.807, 2.05) is 62.4 Å². The van der Waals surface area contributed by atoms with Gasteiger partial charge < -0.3 is 21.1 Å². The monoisotopic (exact) mass is 452 g/mol. The number of hydrogen-bond acceptors (Lipinski definition) is 5. The van der Waals surface area contributed by atoms with E-state index < -0.39 is 30.2 Å². The fraction of sp³-hybridized carbons (Fsp3) is 0.400. The van der Waals surface area contributed by atoms with Gasteiger partial charge in [-0.25, -0.2) is 4.79 Å². The molecule has 33 heavy (non-hydrogen) atoms. The molecule has 1 aliphatic rings. The van der Waals surface area contributed by atoms with Crippen LogP contribution in [-0.4, -0.2) is 55.0 Å². The topological polar surface area (TPSA) is 114 Å². The highest BCUT2D eigenvalue weighted by molar-refractivity contribution is 5.91. The summed E-state index contributed by atoms with van der Waals surface area (Å²) < 4.78 is 5.93. The number of nitrogens with two attached hydrogens (primary N) is 1. The average molecular weight is 453 g/mol. The van der Waals surface area contributed by atoms with Crippen LogP contribution >= 0.6 is 0 Å². The highest BCUT2D eigenvalue weighted by Gasteiger charge is 2.36. The van der Waals surface area contributed by atoms with Gasteiger partial charge in [-0.15, -0.1) is 0 Å². The van der Waals surface area contributed by atoms with Crippen LogP contribution in [0.25, 0.3) is 11.1 Å². The Kier molecular flexibility index (Phi) is 7.71. The lowest BCUT2D eigenvalue weighted by Gasteiger charge is -2.31. The number of likely N-dealkylation sites (N-methyl/N-ethyl adjacent to an activating group) is 1. The first kappa shape index (κ1) is 24.3. The Morgan fingerprint density at radius 1 is 0.970 bits per heavy atom. The van der Waals surface area contributed by atoms with Gasteiger partial charge in [0, 0.05) is 31.3 Å². The molecule has 0 saturated carbocycles. The Morgan fingerprint density at radius 3 is 2.03 bits per heavy atom. The molecule has 0 fully saturated rings. The lowest BCUT2D eigenvalue weighted by molar-refractivity contribution is -0.132. The molecule has 0 saturated heterocycles. The standard InChI is InChI=1S/C25H32N4O4/c1-15(2)21(24(31)28-16(3)23(30)27-14-13-26)29(4)25(32)33-22-19-11-7-5-9-17(19)18-10-6-8-12-20(18)22/h5-12,15-16,21-22H,13-14,26H2,1-4H3,(H,27,30)(H,28,31). The van der Waals surface area contributed by atoms with Crippen molar-refractivity contribution in [2.24, 2.45) is 11.7 Å². The zero-order valence-corrected chi connectivity index (χ0v) is 19.5. The second-order valence-corrected chi connectivity index (χ2v) is 8.55. The maximum Gasteiger partial charge on any atom is 0.411 e. The van der Waals surface area contributed by atoms with Gasteiger partial charge in [-0.3, -0.25) is 14.5 Å². The summed E-state index contributed by atoms with van der Waals surface area (Å²) in [4.78, 5) is 39.6. The van der Waals surface area contributed by atoms with Crippen LogP contribution in [0, 0.1) is 5.92 Å². The van der Waals surface area contributed by atoms with E-state index in [-0.39, 0.29) is 11.8 Å². The van der Waals surface area contributed by atoms with Gasteiger partial charge in [0.1, 0.15) is 12.1 Å². The molecule has 4 N–H and O–H groups in total. The molecule has 0 radical (unpaired) electrons. The molecular formula is C25H32N4O4. The summed E-state index contributed by atoms with van der Waals surface area (Å²) in [6.45, 7) is 5.90. The highest BCUT2D eigenvalue weighted by Crippen LogP contribution is 2.45. The number of carbonyl (C=O) groups is 3. The van der Waals surface area contributed by atoms with Gasteiger partial charge in [-0.1, -0.05) is 62.4 Å². The van der Waals surface area contributed by atoms with Crippen LogP contribution in [0.5, 0.6) is 0 Å². The summed E-state index contributed by atoms with van der Waals surface area (Å²) in [6, 6.07) is 14.1. The van der Waals surface area contributed by atoms with Crippen LogP contribution in [0.2, 0.25) is 0 Å². The summed E-state index contributed by atoms with van der Waals surface area (Å²) in [7, 11) is 1.54. The van der Waals surface area contributed by atoms with Gasteiger partial charge >= 0.3 is 6.09 Å². The van der Waals surface area contributed by atoms with Crippen molar-refractivity contribution in [3.8, 4) is 11.1 Å². The fourth-order valence-corrected chi connectivity index (χ4v) is 4.17. The molecule has 0 heterocycles. The molecule has 0 bridgehead atoms. The van der Waals surface area contributed by atoms with Gasteiger partial charge in [-0.05, 0) is 24.0 Å². The van der Waals surface area contributed by atoms with Crippen LogP contribution < -0.4 is 16.4 Å². The molecule has 3 rings (SSSR count). The number of amides is 3. The molecular weight excluding hydrogens is 420 g/mol. The first-order valence-electron chi connectivity index (χ1n) is 11.2. The zero-order valence-electron chi connectivity index (χ0n) is 19.5. The molecule has 2 aromatic carbocycles. The Labute approximate surface area is 194 Å². The molecule has 8 heteroatoms. The summed E-state index contributed by atoms with van der Waals surface area (Å²) >= 11 is 0. The zero-order chi connectivity index (χ0) is 24.1. The van der Waals surface area contributed by atoms with Crippen molar-refractivity contribution < 1.29 is 19.1 Å². The number of fused-ring (bicyclic) bond motifs is 3. The molecule has 0 aliphatic heterocycles. The average Bonchev–Trinajstić information content (AvgIpc) is 3.11. The summed E-state index contributed by atoms with van der Waals surface area (Å²) in [6.07, 6.45) is -1.16. The van der Waals surface area contributed by atoms with Crippen molar-refractivity contribution in [1.82, 2.24) is 15.5 Å². The van der Waals surface area contributed by atoms with E-state index in [4.69, 9.17) is 10.5 Å². The predicted molar refractivity (Wildman–Crippen MR) is 126 cm³/mol. The minimum Gasteiger partial charge on any atom is -0.436 e. The molecule has 2 unspecified atom stereocenters. The first-order valence-corrected chi connectivity index (χ1v) is 11.2. The van der Waals surface area contributed by atoms with Crippen LogP contribution in [0.4, 0.5) is 4.79 Å². The minimum atomic E-state index is -0.811. The number of ether oxygens (including phenoxy) is 1. The molecule has 2 aromatic rings. The predicted octanol–water partition coefficient (Wildman–Crippen LogP) is 2.43. The molecule has 0 aromatic heterocycles. The molecule has 3 amide bonds. The number of nitrogens with zero attached hydrogens (tertiary/aromatic N) is 1. The number of nitrogens with one attached hydrogen (secondary N) is 2. The highest BCUT2D eigenvalue weighted by atomic mass is 16.6. The maximum absolute atomic E-state index is 13.2. The van der Waals surface area contributed by atoms with E-state index in [0.29, 0.717) is 13.1 Å². The number of rotatable bonds is 8. The smallest absolute Gasteiger partial charge is 0.411 e. The molecule has 176 valence electrons. The van der Waals surface area contributed by atoms with Crippen LogP contribution in [0.1, 0.15) is 38.0 Å². The van der Waals surface area contributed by atoms with Crippen LogP contribution in [-0.2, 0) is 14.3 Å². The van der Waals surface area contributed by atoms with Gasteiger partial charge in [0.2, 0.25) is 11.8 Å². The third-order valence-electron chi connectivity index (χ3n) is 5.80. The number of carbonyl (C=O) groups excluding carboxylic acids is 3. The van der Waals surface area contributed by atoms with E-state index in [1.165, 1.54) is 4.90 Å². The molecule has 8 nitrogen and oxygen atoms in total. The Balaban J connectivity index is 1.75. The summed E-state index contributed by atoms with van der Waals surface area (Å²) in [5, 5.41) is 5.33. The third kappa shape index (κ3) is 5.17. The second kappa shape index (κ2) is 10.5. The normalized spacial score (nSPS) is 14.1. The second-order valence-electron chi connectivity index (χ2n) is 8.55. The van der Waals surface area contributed by atoms with Gasteiger partial charge in [0.15, 0.2) is 6.10 Å². The van der Waals surface area contributed by atoms with Crippen LogP contribution in [0.15, 0.2) is 48.5 Å².